The lowest BCUT2D eigenvalue weighted by Crippen LogP contribution is -2.25. The number of halogens is 1. The molecule has 2 aromatic carbocycles. The molecule has 4 heteroatoms. The van der Waals surface area contributed by atoms with Gasteiger partial charge in [0.25, 0.3) is 0 Å². The van der Waals surface area contributed by atoms with Crippen LogP contribution in [0, 0.1) is 5.82 Å². The van der Waals surface area contributed by atoms with Crippen molar-refractivity contribution in [2.45, 2.75) is 38.3 Å². The molecule has 0 unspecified atom stereocenters. The Bertz CT molecular complexity index is 723. The Morgan fingerprint density at radius 1 is 1.17 bits per heavy atom. The number of carbonyl (C=O) groups excluding carboxylic acids is 1. The third kappa shape index (κ3) is 3.82. The van der Waals surface area contributed by atoms with Gasteiger partial charge in [-0.25, -0.2) is 9.18 Å². The van der Waals surface area contributed by atoms with Crippen LogP contribution < -0.4 is 5.32 Å². The number of esters is 1. The van der Waals surface area contributed by atoms with E-state index in [1.165, 1.54) is 50.5 Å². The lowest BCUT2D eigenvalue weighted by atomic mass is 10.0. The van der Waals surface area contributed by atoms with Crippen LogP contribution in [0.3, 0.4) is 0 Å². The molecular weight excluding hydrogens is 305 g/mol. The second kappa shape index (κ2) is 7.58. The van der Waals surface area contributed by atoms with Crippen molar-refractivity contribution in [1.29, 1.82) is 0 Å². The summed E-state index contributed by atoms with van der Waals surface area (Å²) in [7, 11) is 1.25. The number of ether oxygens (including phenoxy) is 1. The van der Waals surface area contributed by atoms with Crippen LogP contribution >= 0.6 is 0 Å². The number of nitrogens with one attached hydrogen (secondary N) is 1. The minimum atomic E-state index is -0.659. The summed E-state index contributed by atoms with van der Waals surface area (Å²) in [5.41, 5.74) is 2.83. The number of carbonyl (C=O) groups is 1. The van der Waals surface area contributed by atoms with E-state index in [1.807, 2.05) is 12.1 Å². The predicted octanol–water partition coefficient (Wildman–Crippen LogP) is 4.31. The Labute approximate surface area is 141 Å². The third-order valence-corrected chi connectivity index (χ3v) is 4.58. The lowest BCUT2D eigenvalue weighted by molar-refractivity contribution is 0.0595. The Kier molecular flexibility index (Phi) is 5.26. The predicted molar refractivity (Wildman–Crippen MR) is 92.3 cm³/mol. The molecule has 1 aliphatic rings. The van der Waals surface area contributed by atoms with Crippen molar-refractivity contribution in [1.82, 2.24) is 5.32 Å². The molecular formula is C20H22FNO2. The van der Waals surface area contributed by atoms with E-state index in [2.05, 4.69) is 22.2 Å². The molecule has 2 aromatic rings. The average Bonchev–Trinajstić information content (AvgIpc) is 3.13. The van der Waals surface area contributed by atoms with E-state index in [0.29, 0.717) is 6.04 Å². The number of hydrogen-bond acceptors (Lipinski definition) is 3. The Morgan fingerprint density at radius 3 is 2.62 bits per heavy atom. The van der Waals surface area contributed by atoms with Gasteiger partial charge in [-0.05, 0) is 47.7 Å². The highest BCUT2D eigenvalue weighted by atomic mass is 19.1. The molecule has 0 spiro atoms. The van der Waals surface area contributed by atoms with Gasteiger partial charge in [-0.3, -0.25) is 0 Å². The van der Waals surface area contributed by atoms with Crippen LogP contribution in [0.2, 0.25) is 0 Å². The molecule has 3 nitrogen and oxygen atoms in total. The molecule has 0 atom stereocenters. The molecule has 1 fully saturated rings. The van der Waals surface area contributed by atoms with Crippen molar-refractivity contribution in [3.05, 3.63) is 59.4 Å². The standard InChI is InChI=1S/C20H22FNO2/c1-24-20(23)18-10-9-16(12-19(18)21)15-6-4-5-14(11-15)13-22-17-7-2-3-8-17/h4-6,9-12,17,22H,2-3,7-8,13H2,1H3. The van der Waals surface area contributed by atoms with Gasteiger partial charge in [0.05, 0.1) is 12.7 Å². The second-order valence-corrected chi connectivity index (χ2v) is 6.25. The van der Waals surface area contributed by atoms with Crippen molar-refractivity contribution >= 4 is 5.97 Å². The number of hydrogen-bond donors (Lipinski definition) is 1. The van der Waals surface area contributed by atoms with Gasteiger partial charge in [0, 0.05) is 12.6 Å². The smallest absolute Gasteiger partial charge is 0.340 e. The van der Waals surface area contributed by atoms with Crippen molar-refractivity contribution in [2.75, 3.05) is 7.11 Å². The van der Waals surface area contributed by atoms with Gasteiger partial charge in [-0.1, -0.05) is 37.1 Å². The number of rotatable bonds is 5. The van der Waals surface area contributed by atoms with E-state index < -0.39 is 11.8 Å². The van der Waals surface area contributed by atoms with E-state index >= 15 is 0 Å². The van der Waals surface area contributed by atoms with Gasteiger partial charge in [-0.2, -0.15) is 0 Å². The molecule has 126 valence electrons. The van der Waals surface area contributed by atoms with Crippen molar-refractivity contribution in [3.63, 3.8) is 0 Å². The van der Waals surface area contributed by atoms with Crippen LogP contribution in [0.15, 0.2) is 42.5 Å². The molecule has 1 N–H and O–H groups in total. The SMILES string of the molecule is COC(=O)c1ccc(-c2cccc(CNC3CCCC3)c2)cc1F. The molecule has 1 saturated carbocycles. The van der Waals surface area contributed by atoms with Crippen LogP contribution in [-0.4, -0.2) is 19.1 Å². The highest BCUT2D eigenvalue weighted by molar-refractivity contribution is 5.90. The first kappa shape index (κ1) is 16.7. The largest absolute Gasteiger partial charge is 0.465 e. The molecule has 0 aliphatic heterocycles. The molecule has 0 bridgehead atoms. The fourth-order valence-electron chi connectivity index (χ4n) is 3.22. The maximum atomic E-state index is 14.1. The molecule has 0 saturated heterocycles. The fourth-order valence-corrected chi connectivity index (χ4v) is 3.22. The summed E-state index contributed by atoms with van der Waals surface area (Å²) in [5, 5.41) is 3.58. The van der Waals surface area contributed by atoms with E-state index in [-0.39, 0.29) is 5.56 Å². The molecule has 0 heterocycles. The quantitative estimate of drug-likeness (QED) is 0.832. The number of methoxy groups -OCH3 is 1. The minimum Gasteiger partial charge on any atom is -0.465 e. The molecule has 1 aliphatic carbocycles. The summed E-state index contributed by atoms with van der Waals surface area (Å²) in [5.74, 6) is -1.22. The molecule has 0 radical (unpaired) electrons. The molecule has 0 amide bonds. The third-order valence-electron chi connectivity index (χ3n) is 4.58. The molecule has 3 rings (SSSR count). The van der Waals surface area contributed by atoms with Gasteiger partial charge in [-0.15, -0.1) is 0 Å². The fraction of sp³-hybridized carbons (Fsp3) is 0.350. The maximum Gasteiger partial charge on any atom is 0.340 e. The van der Waals surface area contributed by atoms with E-state index in [4.69, 9.17) is 0 Å². The van der Waals surface area contributed by atoms with Gasteiger partial charge in [0.2, 0.25) is 0 Å². The van der Waals surface area contributed by atoms with E-state index in [9.17, 15) is 9.18 Å². The van der Waals surface area contributed by atoms with Crippen molar-refractivity contribution < 1.29 is 13.9 Å². The summed E-state index contributed by atoms with van der Waals surface area (Å²) >= 11 is 0. The van der Waals surface area contributed by atoms with Gasteiger partial charge in [0.15, 0.2) is 0 Å². The first-order chi connectivity index (χ1) is 11.7. The monoisotopic (exact) mass is 327 g/mol. The Balaban J connectivity index is 1.75. The topological polar surface area (TPSA) is 38.3 Å². The van der Waals surface area contributed by atoms with E-state index in [0.717, 1.165) is 17.7 Å². The van der Waals surface area contributed by atoms with Crippen LogP contribution in [0.1, 0.15) is 41.6 Å². The van der Waals surface area contributed by atoms with Gasteiger partial charge >= 0.3 is 5.97 Å². The number of benzene rings is 2. The average molecular weight is 327 g/mol. The van der Waals surface area contributed by atoms with Crippen LogP contribution in [0.5, 0.6) is 0 Å². The lowest BCUT2D eigenvalue weighted by Gasteiger charge is -2.12. The second-order valence-electron chi connectivity index (χ2n) is 6.25. The maximum absolute atomic E-state index is 14.1. The highest BCUT2D eigenvalue weighted by Crippen LogP contribution is 2.24. The van der Waals surface area contributed by atoms with Gasteiger partial charge in [0.1, 0.15) is 5.82 Å². The summed E-state index contributed by atoms with van der Waals surface area (Å²) in [6.07, 6.45) is 5.12. The minimum absolute atomic E-state index is 0.0414. The summed E-state index contributed by atoms with van der Waals surface area (Å²) in [6.45, 7) is 0.821. The summed E-state index contributed by atoms with van der Waals surface area (Å²) in [4.78, 5) is 11.5. The molecule has 24 heavy (non-hydrogen) atoms. The first-order valence-corrected chi connectivity index (χ1v) is 8.38. The Hall–Kier alpha value is -2.20. The normalized spacial score (nSPS) is 14.8. The zero-order valence-electron chi connectivity index (χ0n) is 13.8. The van der Waals surface area contributed by atoms with Gasteiger partial charge < -0.3 is 10.1 Å². The van der Waals surface area contributed by atoms with Crippen molar-refractivity contribution in [2.24, 2.45) is 0 Å². The zero-order chi connectivity index (χ0) is 16.9. The zero-order valence-corrected chi connectivity index (χ0v) is 13.8. The van der Waals surface area contributed by atoms with Crippen LogP contribution in [0.25, 0.3) is 11.1 Å². The van der Waals surface area contributed by atoms with E-state index in [1.54, 1.807) is 6.07 Å². The van der Waals surface area contributed by atoms with Crippen LogP contribution in [0.4, 0.5) is 4.39 Å². The highest BCUT2D eigenvalue weighted by Gasteiger charge is 2.15. The van der Waals surface area contributed by atoms with Crippen LogP contribution in [-0.2, 0) is 11.3 Å². The molecule has 0 aromatic heterocycles. The van der Waals surface area contributed by atoms with Crippen molar-refractivity contribution in [3.8, 4) is 11.1 Å². The Morgan fingerprint density at radius 2 is 1.92 bits per heavy atom. The summed E-state index contributed by atoms with van der Waals surface area (Å²) in [6, 6.07) is 13.3. The first-order valence-electron chi connectivity index (χ1n) is 8.38. The summed E-state index contributed by atoms with van der Waals surface area (Å²) < 4.78 is 18.7.